The Hall–Kier alpha value is -2.12. The van der Waals surface area contributed by atoms with E-state index in [1.54, 1.807) is 4.90 Å². The van der Waals surface area contributed by atoms with E-state index in [0.717, 1.165) is 27.6 Å². The second kappa shape index (κ2) is 9.13. The van der Waals surface area contributed by atoms with Crippen molar-refractivity contribution in [2.75, 3.05) is 12.8 Å². The molecule has 7 heteroatoms. The summed E-state index contributed by atoms with van der Waals surface area (Å²) in [7, 11) is 1.84. The van der Waals surface area contributed by atoms with Crippen LogP contribution in [0.2, 0.25) is 0 Å². The average Bonchev–Trinajstić information content (AvgIpc) is 3.50. The van der Waals surface area contributed by atoms with Gasteiger partial charge in [-0.25, -0.2) is 0 Å². The predicted octanol–water partition coefficient (Wildman–Crippen LogP) is 4.72. The molecule has 0 bridgehead atoms. The van der Waals surface area contributed by atoms with Gasteiger partial charge in [0, 0.05) is 24.0 Å². The molecule has 2 aromatic carbocycles. The lowest BCUT2D eigenvalue weighted by molar-refractivity contribution is -0.127. The fourth-order valence-corrected chi connectivity index (χ4v) is 4.47. The number of rotatable bonds is 8. The first-order valence-electron chi connectivity index (χ1n) is 9.69. The number of benzene rings is 2. The molecule has 0 N–H and O–H groups in total. The fraction of sp³-hybridized carbons (Fsp3) is 0.318. The van der Waals surface area contributed by atoms with E-state index in [9.17, 15) is 4.79 Å². The smallest absolute Gasteiger partial charge is 0.233 e. The largest absolute Gasteiger partial charge is 0.341 e. The molecule has 1 aromatic heterocycles. The highest BCUT2D eigenvalue weighted by molar-refractivity contribution is 9.10. The number of aromatic nitrogens is 3. The van der Waals surface area contributed by atoms with Gasteiger partial charge in [0.1, 0.15) is 5.82 Å². The first-order valence-corrected chi connectivity index (χ1v) is 11.5. The number of hydrogen-bond acceptors (Lipinski definition) is 4. The van der Waals surface area contributed by atoms with E-state index < -0.39 is 0 Å². The highest BCUT2D eigenvalue weighted by Crippen LogP contribution is 2.40. The van der Waals surface area contributed by atoms with Crippen molar-refractivity contribution in [1.82, 2.24) is 19.7 Å². The van der Waals surface area contributed by atoms with Crippen molar-refractivity contribution in [2.45, 2.75) is 37.0 Å². The Morgan fingerprint density at radius 1 is 1.14 bits per heavy atom. The Kier molecular flexibility index (Phi) is 6.35. The third-order valence-electron chi connectivity index (χ3n) is 4.99. The maximum Gasteiger partial charge on any atom is 0.233 e. The number of thioether (sulfide) groups is 1. The van der Waals surface area contributed by atoms with Crippen LogP contribution in [0.4, 0.5) is 0 Å². The van der Waals surface area contributed by atoms with E-state index >= 15 is 0 Å². The van der Waals surface area contributed by atoms with E-state index in [4.69, 9.17) is 0 Å². The van der Waals surface area contributed by atoms with E-state index in [-0.39, 0.29) is 5.91 Å². The first kappa shape index (κ1) is 20.2. The van der Waals surface area contributed by atoms with Crippen LogP contribution < -0.4 is 0 Å². The van der Waals surface area contributed by atoms with Crippen molar-refractivity contribution in [3.8, 4) is 0 Å². The lowest BCUT2D eigenvalue weighted by Gasteiger charge is -2.18. The molecule has 0 atom stereocenters. The summed E-state index contributed by atoms with van der Waals surface area (Å²) in [4.78, 5) is 14.4. The zero-order chi connectivity index (χ0) is 20.2. The van der Waals surface area contributed by atoms with E-state index in [1.165, 1.54) is 30.2 Å². The Labute approximate surface area is 183 Å². The zero-order valence-electron chi connectivity index (χ0n) is 16.3. The minimum atomic E-state index is 0.0768. The highest BCUT2D eigenvalue weighted by Gasteiger charge is 2.30. The fourth-order valence-electron chi connectivity index (χ4n) is 3.17. The molecule has 1 heterocycles. The SMILES string of the molecule is CN(Cc1ccccc1Br)C(=O)CSc1nnc(C2CC2)n1Cc1ccccc1. The number of nitrogens with zero attached hydrogens (tertiary/aromatic N) is 4. The average molecular weight is 471 g/mol. The van der Waals surface area contributed by atoms with E-state index in [0.29, 0.717) is 18.2 Å². The molecule has 5 nitrogen and oxygen atoms in total. The standard InChI is InChI=1S/C22H23BrN4OS/c1-26(14-18-9-5-6-10-19(18)23)20(28)15-29-22-25-24-21(17-11-12-17)27(22)13-16-7-3-2-4-8-16/h2-10,17H,11-15H2,1H3. The molecule has 1 amide bonds. The van der Waals surface area contributed by atoms with Crippen LogP contribution in [0.15, 0.2) is 64.2 Å². The molecule has 29 heavy (non-hydrogen) atoms. The summed E-state index contributed by atoms with van der Waals surface area (Å²) >= 11 is 5.02. The van der Waals surface area contributed by atoms with Crippen LogP contribution in [0, 0.1) is 0 Å². The molecule has 0 unspecified atom stereocenters. The second-order valence-electron chi connectivity index (χ2n) is 7.32. The number of carbonyl (C=O) groups is 1. The lowest BCUT2D eigenvalue weighted by Crippen LogP contribution is -2.28. The third-order valence-corrected chi connectivity index (χ3v) is 6.71. The van der Waals surface area contributed by atoms with Gasteiger partial charge in [-0.3, -0.25) is 4.79 Å². The van der Waals surface area contributed by atoms with Crippen molar-refractivity contribution in [3.63, 3.8) is 0 Å². The second-order valence-corrected chi connectivity index (χ2v) is 9.11. The summed E-state index contributed by atoms with van der Waals surface area (Å²) in [5.41, 5.74) is 2.31. The van der Waals surface area contributed by atoms with Crippen LogP contribution in [0.25, 0.3) is 0 Å². The Bertz CT molecular complexity index is 987. The van der Waals surface area contributed by atoms with Gasteiger partial charge in [-0.05, 0) is 30.0 Å². The minimum Gasteiger partial charge on any atom is -0.341 e. The topological polar surface area (TPSA) is 51.0 Å². The molecule has 150 valence electrons. The van der Waals surface area contributed by atoms with Gasteiger partial charge in [0.25, 0.3) is 0 Å². The molecule has 3 aromatic rings. The first-order chi connectivity index (χ1) is 14.1. The van der Waals surface area contributed by atoms with Crippen molar-refractivity contribution in [2.24, 2.45) is 0 Å². The quantitative estimate of drug-likeness (QED) is 0.447. The third kappa shape index (κ3) is 5.08. The Balaban J connectivity index is 1.42. The maximum atomic E-state index is 12.7. The predicted molar refractivity (Wildman–Crippen MR) is 119 cm³/mol. The van der Waals surface area contributed by atoms with Gasteiger partial charge in [-0.1, -0.05) is 76.2 Å². The maximum absolute atomic E-state index is 12.7. The van der Waals surface area contributed by atoms with Gasteiger partial charge >= 0.3 is 0 Å². The Morgan fingerprint density at radius 3 is 2.59 bits per heavy atom. The summed E-state index contributed by atoms with van der Waals surface area (Å²) in [5.74, 6) is 1.98. The molecule has 0 radical (unpaired) electrons. The van der Waals surface area contributed by atoms with Crippen LogP contribution in [0.3, 0.4) is 0 Å². The number of halogens is 1. The summed E-state index contributed by atoms with van der Waals surface area (Å²) in [6.45, 7) is 1.31. The number of hydrogen-bond donors (Lipinski definition) is 0. The molecular weight excluding hydrogens is 448 g/mol. The van der Waals surface area contributed by atoms with Gasteiger partial charge < -0.3 is 9.47 Å². The molecule has 0 aliphatic heterocycles. The van der Waals surface area contributed by atoms with Gasteiger partial charge in [-0.2, -0.15) is 0 Å². The van der Waals surface area contributed by atoms with E-state index in [1.807, 2.05) is 49.5 Å². The highest BCUT2D eigenvalue weighted by atomic mass is 79.9. The number of carbonyl (C=O) groups excluding carboxylic acids is 1. The van der Waals surface area contributed by atoms with Gasteiger partial charge in [-0.15, -0.1) is 10.2 Å². The van der Waals surface area contributed by atoms with Crippen molar-refractivity contribution in [1.29, 1.82) is 0 Å². The zero-order valence-corrected chi connectivity index (χ0v) is 18.7. The van der Waals surface area contributed by atoms with Crippen LogP contribution in [0.5, 0.6) is 0 Å². The van der Waals surface area contributed by atoms with Crippen LogP contribution in [0.1, 0.15) is 35.7 Å². The van der Waals surface area contributed by atoms with Crippen molar-refractivity contribution < 1.29 is 4.79 Å². The molecule has 1 fully saturated rings. The van der Waals surface area contributed by atoms with Crippen molar-refractivity contribution >= 4 is 33.6 Å². The summed E-state index contributed by atoms with van der Waals surface area (Å²) in [6, 6.07) is 18.3. The van der Waals surface area contributed by atoms with E-state index in [2.05, 4.69) is 42.8 Å². The van der Waals surface area contributed by atoms with Gasteiger partial charge in [0.2, 0.25) is 5.91 Å². The molecular formula is C22H23BrN4OS. The van der Waals surface area contributed by atoms with Crippen LogP contribution in [-0.4, -0.2) is 38.4 Å². The number of amides is 1. The van der Waals surface area contributed by atoms with Gasteiger partial charge in [0.15, 0.2) is 5.16 Å². The molecule has 4 rings (SSSR count). The normalized spacial score (nSPS) is 13.4. The molecule has 1 aliphatic carbocycles. The monoisotopic (exact) mass is 470 g/mol. The van der Waals surface area contributed by atoms with Crippen molar-refractivity contribution in [3.05, 3.63) is 76.0 Å². The molecule has 0 spiro atoms. The van der Waals surface area contributed by atoms with Crippen LogP contribution >= 0.6 is 27.7 Å². The summed E-state index contributed by atoms with van der Waals surface area (Å²) < 4.78 is 3.20. The summed E-state index contributed by atoms with van der Waals surface area (Å²) in [5, 5.41) is 9.66. The molecule has 0 saturated heterocycles. The minimum absolute atomic E-state index is 0.0768. The van der Waals surface area contributed by atoms with Crippen LogP contribution in [-0.2, 0) is 17.9 Å². The molecule has 1 aliphatic rings. The Morgan fingerprint density at radius 2 is 1.86 bits per heavy atom. The lowest BCUT2D eigenvalue weighted by atomic mass is 10.2. The molecule has 1 saturated carbocycles. The van der Waals surface area contributed by atoms with Gasteiger partial charge in [0.05, 0.1) is 12.3 Å². The summed E-state index contributed by atoms with van der Waals surface area (Å²) in [6.07, 6.45) is 2.34.